The first-order valence-corrected chi connectivity index (χ1v) is 15.0. The molecule has 15 nitrogen and oxygen atoms in total. The van der Waals surface area contributed by atoms with Crippen molar-refractivity contribution >= 4 is 17.6 Å². The molecule has 0 aliphatic carbocycles. The van der Waals surface area contributed by atoms with E-state index in [-0.39, 0.29) is 69.7 Å². The Bertz CT molecular complexity index is 868. The topological polar surface area (TPSA) is 256 Å². The highest BCUT2D eigenvalue weighted by Crippen LogP contribution is 2.08. The van der Waals surface area contributed by atoms with Crippen LogP contribution in [0.4, 0.5) is 0 Å². The summed E-state index contributed by atoms with van der Waals surface area (Å²) in [6, 6.07) is -0.647. The first kappa shape index (κ1) is 41.4. The van der Waals surface area contributed by atoms with E-state index in [1.54, 1.807) is 0 Å². The normalized spacial score (nSPS) is 15.7. The second-order valence-corrected chi connectivity index (χ2v) is 10.3. The smallest absolute Gasteiger partial charge is 0.220 e. The molecule has 0 aliphatic rings. The third kappa shape index (κ3) is 22.0. The minimum atomic E-state index is -1.63. The summed E-state index contributed by atoms with van der Waals surface area (Å²) in [5.41, 5.74) is 0. The van der Waals surface area contributed by atoms with Crippen LogP contribution in [0.15, 0.2) is 23.7 Å². The van der Waals surface area contributed by atoms with Crippen molar-refractivity contribution in [3.8, 4) is 0 Å². The summed E-state index contributed by atoms with van der Waals surface area (Å²) in [6.07, 6.45) is 0.238. The van der Waals surface area contributed by atoms with E-state index in [9.17, 15) is 45.0 Å². The number of amides is 2. The number of hydrogen-bond donors (Lipinski definition) is 10. The van der Waals surface area contributed by atoms with Crippen LogP contribution >= 0.6 is 0 Å². The monoisotopic (exact) mass is 636 g/mol. The minimum Gasteiger partial charge on any atom is -0.507 e. The maximum Gasteiger partial charge on any atom is 0.220 e. The fourth-order valence-electron chi connectivity index (χ4n) is 3.76. The van der Waals surface area contributed by atoms with Crippen molar-refractivity contribution in [1.82, 2.24) is 10.6 Å². The number of unbranched alkanes of at least 4 members (excludes halogenated alkanes) is 3. The maximum atomic E-state index is 12.2. The van der Waals surface area contributed by atoms with Crippen LogP contribution in [-0.4, -0.2) is 122 Å². The van der Waals surface area contributed by atoms with E-state index in [4.69, 9.17) is 19.7 Å². The molecule has 0 saturated heterocycles. The molecule has 10 N–H and O–H groups in total. The molecule has 0 aliphatic heterocycles. The Labute approximate surface area is 258 Å². The van der Waals surface area contributed by atoms with Crippen LogP contribution in [0.5, 0.6) is 0 Å². The average molecular weight is 637 g/mol. The molecule has 0 heterocycles. The Kier molecular flexibility index (Phi) is 24.1. The van der Waals surface area contributed by atoms with Gasteiger partial charge in [0.15, 0.2) is 5.78 Å². The summed E-state index contributed by atoms with van der Waals surface area (Å²) in [7, 11) is 0. The van der Waals surface area contributed by atoms with Gasteiger partial charge in [0.25, 0.3) is 0 Å². The van der Waals surface area contributed by atoms with Crippen LogP contribution in [0.25, 0.3) is 0 Å². The summed E-state index contributed by atoms with van der Waals surface area (Å²) in [5, 5.41) is 80.5. The molecule has 0 aromatic rings. The van der Waals surface area contributed by atoms with E-state index >= 15 is 0 Å². The number of carbonyl (C=O) groups excluding carboxylic acids is 3. The lowest BCUT2D eigenvalue weighted by Gasteiger charge is -2.16. The van der Waals surface area contributed by atoms with Crippen LogP contribution in [-0.2, 0) is 23.9 Å². The van der Waals surface area contributed by atoms with Gasteiger partial charge in [-0.2, -0.15) is 0 Å². The molecular weight excluding hydrogens is 584 g/mol. The summed E-state index contributed by atoms with van der Waals surface area (Å²) < 4.78 is 10.1. The Morgan fingerprint density at radius 2 is 1.16 bits per heavy atom. The van der Waals surface area contributed by atoms with Crippen molar-refractivity contribution in [3.63, 3.8) is 0 Å². The van der Waals surface area contributed by atoms with Gasteiger partial charge in [-0.25, -0.2) is 0 Å². The number of ketones is 1. The quantitative estimate of drug-likeness (QED) is 0.0317. The molecule has 0 spiro atoms. The largest absolute Gasteiger partial charge is 0.507 e. The molecule has 15 heteroatoms. The zero-order valence-corrected chi connectivity index (χ0v) is 25.5. The van der Waals surface area contributed by atoms with E-state index in [0.29, 0.717) is 51.5 Å². The van der Waals surface area contributed by atoms with Crippen LogP contribution in [0.2, 0.25) is 0 Å². The number of aliphatic hydroxyl groups excluding tert-OH is 8. The molecule has 5 atom stereocenters. The van der Waals surface area contributed by atoms with Crippen molar-refractivity contribution in [2.75, 3.05) is 33.0 Å². The standard InChI is InChI=1S/C29H52N2O13/c1-20(34)23(31-27(40)10-4-7-17-44-29(42)25(38)19-22(36)12-15-33)8-2-5-13-30-26(39)9-3-6-16-43-28(41)24(37)18-21(35)11-14-32/h18-19,21-23,28-29,32-33,35-38,41-42H,2-17H2,1H3,(H,30,39)(H,31,40)/b24-18-,25-19-. The van der Waals surface area contributed by atoms with Gasteiger partial charge in [-0.3, -0.25) is 14.4 Å². The van der Waals surface area contributed by atoms with Gasteiger partial charge in [0.1, 0.15) is 11.5 Å². The molecule has 44 heavy (non-hydrogen) atoms. The third-order valence-corrected chi connectivity index (χ3v) is 6.30. The van der Waals surface area contributed by atoms with Crippen LogP contribution in [0.1, 0.15) is 77.6 Å². The molecule has 0 fully saturated rings. The predicted molar refractivity (Wildman–Crippen MR) is 158 cm³/mol. The fraction of sp³-hybridized carbons (Fsp3) is 0.759. The maximum absolute atomic E-state index is 12.2. The fourth-order valence-corrected chi connectivity index (χ4v) is 3.76. The first-order chi connectivity index (χ1) is 20.9. The van der Waals surface area contributed by atoms with Crippen LogP contribution in [0.3, 0.4) is 0 Å². The highest BCUT2D eigenvalue weighted by atomic mass is 16.6. The Hall–Kier alpha value is -2.63. The zero-order chi connectivity index (χ0) is 33.3. The van der Waals surface area contributed by atoms with Crippen LogP contribution < -0.4 is 10.6 Å². The van der Waals surface area contributed by atoms with E-state index in [1.807, 2.05) is 0 Å². The summed E-state index contributed by atoms with van der Waals surface area (Å²) in [5.74, 6) is -1.79. The van der Waals surface area contributed by atoms with Gasteiger partial charge in [0, 0.05) is 45.4 Å². The number of ether oxygens (including phenoxy) is 2. The lowest BCUT2D eigenvalue weighted by molar-refractivity contribution is -0.127. The molecule has 2 amide bonds. The number of nitrogens with one attached hydrogen (secondary N) is 2. The van der Waals surface area contributed by atoms with E-state index in [0.717, 1.165) is 12.2 Å². The summed E-state index contributed by atoms with van der Waals surface area (Å²) in [6.45, 7) is 1.36. The van der Waals surface area contributed by atoms with Gasteiger partial charge in [-0.1, -0.05) is 0 Å². The molecule has 256 valence electrons. The Morgan fingerprint density at radius 3 is 1.61 bits per heavy atom. The Balaban J connectivity index is 4.05. The molecular formula is C29H52N2O13. The molecule has 5 unspecified atom stereocenters. The van der Waals surface area contributed by atoms with E-state index in [1.165, 1.54) is 6.92 Å². The molecule has 0 radical (unpaired) electrons. The van der Waals surface area contributed by atoms with Gasteiger partial charge in [0.2, 0.25) is 24.4 Å². The summed E-state index contributed by atoms with van der Waals surface area (Å²) in [4.78, 5) is 36.2. The first-order valence-electron chi connectivity index (χ1n) is 15.0. The van der Waals surface area contributed by atoms with E-state index in [2.05, 4.69) is 10.6 Å². The van der Waals surface area contributed by atoms with Gasteiger partial charge in [0.05, 0.1) is 31.5 Å². The van der Waals surface area contributed by atoms with Gasteiger partial charge < -0.3 is 61.0 Å². The lowest BCUT2D eigenvalue weighted by Crippen LogP contribution is -2.39. The van der Waals surface area contributed by atoms with E-state index < -0.39 is 42.3 Å². The molecule has 0 bridgehead atoms. The highest BCUT2D eigenvalue weighted by molar-refractivity contribution is 5.87. The van der Waals surface area contributed by atoms with Crippen molar-refractivity contribution in [1.29, 1.82) is 0 Å². The molecule has 0 aromatic carbocycles. The third-order valence-electron chi connectivity index (χ3n) is 6.30. The zero-order valence-electron chi connectivity index (χ0n) is 25.5. The number of aliphatic hydroxyl groups is 8. The second kappa shape index (κ2) is 25.7. The van der Waals surface area contributed by atoms with Crippen molar-refractivity contribution < 1.29 is 64.7 Å². The number of carbonyl (C=O) groups is 3. The average Bonchev–Trinajstić information content (AvgIpc) is 2.95. The number of rotatable bonds is 27. The summed E-state index contributed by atoms with van der Waals surface area (Å²) >= 11 is 0. The van der Waals surface area contributed by atoms with Crippen LogP contribution in [0, 0.1) is 0 Å². The number of hydrogen-bond acceptors (Lipinski definition) is 13. The van der Waals surface area contributed by atoms with Crippen molar-refractivity contribution in [2.45, 2.75) is 108 Å². The Morgan fingerprint density at radius 1 is 0.682 bits per heavy atom. The SMILES string of the molecule is CC(=O)C(CCCCNC(=O)CCCCOC(O)/C(O)=C/C(O)CCO)NC(=O)CCCCOC(O)/C(O)=C/C(O)CCO. The molecule has 0 saturated carbocycles. The molecule has 0 rings (SSSR count). The molecule has 0 aromatic heterocycles. The number of Topliss-reactive ketones (excluding diaryl/α,β-unsaturated/α-hetero) is 1. The van der Waals surface area contributed by atoms with Crippen molar-refractivity contribution in [3.05, 3.63) is 23.7 Å². The highest BCUT2D eigenvalue weighted by Gasteiger charge is 2.17. The van der Waals surface area contributed by atoms with Crippen molar-refractivity contribution in [2.24, 2.45) is 0 Å². The minimum absolute atomic E-state index is 0.00467. The van der Waals surface area contributed by atoms with Gasteiger partial charge >= 0.3 is 0 Å². The lowest BCUT2D eigenvalue weighted by atomic mass is 10.1. The predicted octanol–water partition coefficient (Wildman–Crippen LogP) is -0.272. The van der Waals surface area contributed by atoms with Gasteiger partial charge in [-0.05, 0) is 64.0 Å². The van der Waals surface area contributed by atoms with Gasteiger partial charge in [-0.15, -0.1) is 0 Å². The second-order valence-electron chi connectivity index (χ2n) is 10.3.